The van der Waals surface area contributed by atoms with Gasteiger partial charge in [-0.15, -0.1) is 0 Å². The van der Waals surface area contributed by atoms with Gasteiger partial charge in [0.25, 0.3) is 0 Å². The second-order valence-electron chi connectivity index (χ2n) is 9.83. The highest BCUT2D eigenvalue weighted by Gasteiger charge is 2.30. The highest BCUT2D eigenvalue weighted by atomic mass is 16.3. The van der Waals surface area contributed by atoms with Crippen LogP contribution in [0.3, 0.4) is 0 Å². The van der Waals surface area contributed by atoms with E-state index in [4.69, 9.17) is 4.99 Å². The second-order valence-corrected chi connectivity index (χ2v) is 9.83. The summed E-state index contributed by atoms with van der Waals surface area (Å²) in [5.74, 6) is 2.32. The minimum absolute atomic E-state index is 0.000471. The lowest BCUT2D eigenvalue weighted by Crippen LogP contribution is -2.51. The van der Waals surface area contributed by atoms with Crippen molar-refractivity contribution in [3.8, 4) is 5.75 Å². The minimum atomic E-state index is -0.244. The van der Waals surface area contributed by atoms with Crippen LogP contribution >= 0.6 is 0 Å². The number of aromatic hydroxyl groups is 1. The van der Waals surface area contributed by atoms with Gasteiger partial charge in [-0.25, -0.2) is 15.2 Å². The van der Waals surface area contributed by atoms with E-state index in [9.17, 15) is 9.90 Å². The first-order valence-corrected chi connectivity index (χ1v) is 11.3. The van der Waals surface area contributed by atoms with Gasteiger partial charge in [-0.2, -0.15) is 0 Å². The Kier molecular flexibility index (Phi) is 6.15. The van der Waals surface area contributed by atoms with Crippen LogP contribution in [0.5, 0.6) is 5.75 Å². The van der Waals surface area contributed by atoms with Gasteiger partial charge in [-0.05, 0) is 64.2 Å². The van der Waals surface area contributed by atoms with Crippen LogP contribution in [0.15, 0.2) is 46.7 Å². The smallest absolute Gasteiger partial charge is 0.317 e. The van der Waals surface area contributed by atoms with E-state index in [1.54, 1.807) is 6.07 Å². The van der Waals surface area contributed by atoms with Crippen LogP contribution in [0.25, 0.3) is 5.70 Å². The van der Waals surface area contributed by atoms with Crippen LogP contribution in [-0.2, 0) is 0 Å². The first-order valence-electron chi connectivity index (χ1n) is 11.3. The molecule has 3 heterocycles. The molecule has 8 nitrogen and oxygen atoms in total. The number of carbonyl (C=O) groups is 1. The number of piperidine rings is 1. The van der Waals surface area contributed by atoms with Gasteiger partial charge >= 0.3 is 6.03 Å². The molecule has 0 radical (unpaired) electrons. The lowest BCUT2D eigenvalue weighted by molar-refractivity contribution is 0.160. The molecular formula is C24H34N6O2. The van der Waals surface area contributed by atoms with Crippen molar-refractivity contribution in [2.75, 3.05) is 26.2 Å². The number of hydrazine groups is 1. The van der Waals surface area contributed by atoms with E-state index in [2.05, 4.69) is 23.0 Å². The number of phenolic OH excluding ortho intramolecular Hbond substituents is 1. The van der Waals surface area contributed by atoms with Gasteiger partial charge in [0.05, 0.1) is 5.70 Å². The number of hydrogen-bond donors (Lipinski definition) is 4. The van der Waals surface area contributed by atoms with Gasteiger partial charge in [-0.1, -0.05) is 12.1 Å². The first kappa shape index (κ1) is 22.2. The van der Waals surface area contributed by atoms with E-state index in [0.29, 0.717) is 19.0 Å². The fourth-order valence-electron chi connectivity index (χ4n) is 4.25. The molecule has 1 fully saturated rings. The van der Waals surface area contributed by atoms with Crippen molar-refractivity contribution in [2.45, 2.75) is 46.1 Å². The number of rotatable bonds is 3. The number of nitrogens with one attached hydrogen (secondary N) is 3. The molecule has 1 aromatic rings. The summed E-state index contributed by atoms with van der Waals surface area (Å²) in [6, 6.07) is 7.31. The molecule has 32 heavy (non-hydrogen) atoms. The van der Waals surface area contributed by atoms with Gasteiger partial charge in [0, 0.05) is 43.4 Å². The van der Waals surface area contributed by atoms with E-state index in [1.165, 1.54) is 5.57 Å². The number of hydrogen-bond acceptors (Lipinski definition) is 5. The summed E-state index contributed by atoms with van der Waals surface area (Å²) in [7, 11) is 0. The maximum Gasteiger partial charge on any atom is 0.317 e. The van der Waals surface area contributed by atoms with Crippen LogP contribution < -0.4 is 16.1 Å². The van der Waals surface area contributed by atoms with Crippen molar-refractivity contribution in [3.63, 3.8) is 0 Å². The van der Waals surface area contributed by atoms with Gasteiger partial charge < -0.3 is 20.6 Å². The van der Waals surface area contributed by atoms with Crippen LogP contribution in [0.4, 0.5) is 4.79 Å². The summed E-state index contributed by atoms with van der Waals surface area (Å²) in [6.07, 6.45) is 4.01. The Balaban J connectivity index is 1.52. The zero-order valence-corrected chi connectivity index (χ0v) is 19.4. The van der Waals surface area contributed by atoms with E-state index in [0.717, 1.165) is 48.8 Å². The van der Waals surface area contributed by atoms with Crippen LogP contribution in [0, 0.1) is 5.92 Å². The molecule has 0 spiro atoms. The molecule has 4 rings (SSSR count). The molecule has 3 aliphatic heterocycles. The van der Waals surface area contributed by atoms with Gasteiger partial charge in [0.15, 0.2) is 0 Å². The lowest BCUT2D eigenvalue weighted by atomic mass is 9.98. The zero-order valence-electron chi connectivity index (χ0n) is 19.4. The molecule has 1 unspecified atom stereocenters. The van der Waals surface area contributed by atoms with Crippen molar-refractivity contribution >= 4 is 17.6 Å². The lowest BCUT2D eigenvalue weighted by Gasteiger charge is -2.35. The fourth-order valence-corrected chi connectivity index (χ4v) is 4.25. The van der Waals surface area contributed by atoms with Crippen LogP contribution in [-0.4, -0.2) is 58.6 Å². The van der Waals surface area contributed by atoms with E-state index >= 15 is 0 Å². The number of amides is 2. The Labute approximate surface area is 190 Å². The van der Waals surface area contributed by atoms with Crippen molar-refractivity contribution in [2.24, 2.45) is 10.9 Å². The molecule has 0 bridgehead atoms. The fraction of sp³-hybridized carbons (Fsp3) is 0.500. The summed E-state index contributed by atoms with van der Waals surface area (Å²) in [4.78, 5) is 19.5. The molecule has 1 aromatic carbocycles. The van der Waals surface area contributed by atoms with Gasteiger partial charge in [0.2, 0.25) is 0 Å². The Bertz CT molecular complexity index is 975. The number of fused-ring (bicyclic) bond motifs is 1. The summed E-state index contributed by atoms with van der Waals surface area (Å²) in [5.41, 5.74) is 5.88. The average molecular weight is 439 g/mol. The highest BCUT2D eigenvalue weighted by molar-refractivity contribution is 6.02. The molecule has 0 aliphatic carbocycles. The number of carbonyl (C=O) groups excluding carboxylic acids is 1. The third-order valence-corrected chi connectivity index (χ3v) is 5.88. The van der Waals surface area contributed by atoms with Crippen molar-refractivity contribution in [1.29, 1.82) is 0 Å². The SMILES string of the molecule is CC1=C2NC(c3ccccc3O)=CC(=NCC3CCCN(C(=O)NC(C)(C)C)C3)N2NC1. The normalized spacial score (nSPS) is 22.6. The predicted molar refractivity (Wildman–Crippen MR) is 127 cm³/mol. The third-order valence-electron chi connectivity index (χ3n) is 5.88. The summed E-state index contributed by atoms with van der Waals surface area (Å²) in [5, 5.41) is 18.8. The summed E-state index contributed by atoms with van der Waals surface area (Å²) >= 11 is 0. The van der Waals surface area contributed by atoms with Crippen molar-refractivity contribution in [3.05, 3.63) is 47.3 Å². The number of amidine groups is 1. The quantitative estimate of drug-likeness (QED) is 0.582. The number of nitrogens with zero attached hydrogens (tertiary/aromatic N) is 3. The molecule has 8 heteroatoms. The van der Waals surface area contributed by atoms with E-state index < -0.39 is 0 Å². The molecule has 1 saturated heterocycles. The highest BCUT2D eigenvalue weighted by Crippen LogP contribution is 2.29. The number of phenols is 1. The monoisotopic (exact) mass is 438 g/mol. The number of benzene rings is 1. The van der Waals surface area contributed by atoms with Gasteiger partial charge in [-0.3, -0.25) is 4.99 Å². The molecule has 4 N–H and O–H groups in total. The molecule has 0 saturated carbocycles. The van der Waals surface area contributed by atoms with Crippen LogP contribution in [0.1, 0.15) is 46.1 Å². The third kappa shape index (κ3) is 4.91. The average Bonchev–Trinajstić information content (AvgIpc) is 3.12. The zero-order chi connectivity index (χ0) is 22.9. The number of para-hydroxylation sites is 1. The largest absolute Gasteiger partial charge is 0.507 e. The molecular weight excluding hydrogens is 404 g/mol. The summed E-state index contributed by atoms with van der Waals surface area (Å²) in [6.45, 7) is 11.0. The standard InChI is InChI=1S/C24H34N6O2/c1-16-13-26-30-21(12-19(27-22(16)30)18-9-5-6-10-20(18)31)25-14-17-8-7-11-29(15-17)23(32)28-24(2,3)4/h5-6,9-10,12,17,26-27,31H,7-8,11,13-15H2,1-4H3,(H,28,32). The van der Waals surface area contributed by atoms with Crippen LogP contribution in [0.2, 0.25) is 0 Å². The maximum atomic E-state index is 12.6. The molecule has 2 amide bonds. The summed E-state index contributed by atoms with van der Waals surface area (Å²) < 4.78 is 0. The minimum Gasteiger partial charge on any atom is -0.507 e. The Hall–Kier alpha value is -3.00. The van der Waals surface area contributed by atoms with Gasteiger partial charge in [0.1, 0.15) is 17.4 Å². The predicted octanol–water partition coefficient (Wildman–Crippen LogP) is 3.01. The Morgan fingerprint density at radius 3 is 2.84 bits per heavy atom. The molecule has 3 aliphatic rings. The molecule has 172 valence electrons. The Morgan fingerprint density at radius 2 is 2.09 bits per heavy atom. The number of aliphatic imine (C=N–C) groups is 1. The number of urea groups is 1. The molecule has 1 atom stereocenters. The number of likely N-dealkylation sites (tertiary alicyclic amines) is 1. The maximum absolute atomic E-state index is 12.6. The van der Waals surface area contributed by atoms with E-state index in [1.807, 2.05) is 55.0 Å². The topological polar surface area (TPSA) is 92.2 Å². The Morgan fingerprint density at radius 1 is 1.31 bits per heavy atom. The second kappa shape index (κ2) is 8.86. The van der Waals surface area contributed by atoms with Crippen molar-refractivity contribution < 1.29 is 9.90 Å². The first-order chi connectivity index (χ1) is 15.2. The van der Waals surface area contributed by atoms with E-state index in [-0.39, 0.29) is 17.3 Å². The van der Waals surface area contributed by atoms with Crippen molar-refractivity contribution in [1.82, 2.24) is 26.0 Å². The molecule has 0 aromatic heterocycles.